The minimum absolute atomic E-state index is 0.0973. The van der Waals surface area contributed by atoms with Crippen LogP contribution in [0.1, 0.15) is 42.3 Å². The van der Waals surface area contributed by atoms with E-state index in [1.165, 1.54) is 0 Å². The number of carbonyl (C=O) groups is 1. The molecule has 0 aliphatic carbocycles. The van der Waals surface area contributed by atoms with Gasteiger partial charge in [-0.1, -0.05) is 18.5 Å². The zero-order valence-electron chi connectivity index (χ0n) is 10.3. The first kappa shape index (κ1) is 13.8. The Labute approximate surface area is 104 Å². The van der Waals surface area contributed by atoms with E-state index < -0.39 is 6.10 Å². The summed E-state index contributed by atoms with van der Waals surface area (Å²) in [7, 11) is 5.38. The fourth-order valence-electron chi connectivity index (χ4n) is 1.53. The van der Waals surface area contributed by atoms with Crippen molar-refractivity contribution >= 4 is 13.8 Å². The molecular weight excluding hydrogens is 213 g/mol. The monoisotopic (exact) mass is 231 g/mol. The molecule has 2 N–H and O–H groups in total. The van der Waals surface area contributed by atoms with E-state index in [2.05, 4.69) is 5.32 Å². The average Bonchev–Trinajstić information content (AvgIpc) is 2.28. The average molecular weight is 231 g/mol. The SMILES string of the molecule is [B]CCC(O)c1ccc(C(=O)NC(C)C)cc1. The van der Waals surface area contributed by atoms with Crippen LogP contribution >= 0.6 is 0 Å². The van der Waals surface area contributed by atoms with Gasteiger partial charge in [0, 0.05) is 11.6 Å². The molecule has 17 heavy (non-hydrogen) atoms. The molecule has 0 aromatic heterocycles. The fraction of sp³-hybridized carbons (Fsp3) is 0.462. The van der Waals surface area contributed by atoms with Crippen LogP contribution in [0.3, 0.4) is 0 Å². The number of carbonyl (C=O) groups excluding carboxylic acids is 1. The number of hydrogen-bond acceptors (Lipinski definition) is 2. The van der Waals surface area contributed by atoms with E-state index >= 15 is 0 Å². The Hall–Kier alpha value is -1.29. The molecule has 1 amide bonds. The summed E-state index contributed by atoms with van der Waals surface area (Å²) in [5.74, 6) is -0.0973. The maximum Gasteiger partial charge on any atom is 0.251 e. The Morgan fingerprint density at radius 2 is 1.94 bits per heavy atom. The third kappa shape index (κ3) is 4.23. The van der Waals surface area contributed by atoms with E-state index in [4.69, 9.17) is 7.85 Å². The Bertz CT molecular complexity index is 362. The lowest BCUT2D eigenvalue weighted by molar-refractivity contribution is 0.0943. The van der Waals surface area contributed by atoms with E-state index in [0.717, 1.165) is 5.56 Å². The quantitative estimate of drug-likeness (QED) is 0.759. The van der Waals surface area contributed by atoms with Crippen molar-refractivity contribution in [3.05, 3.63) is 35.4 Å². The van der Waals surface area contributed by atoms with Crippen LogP contribution in [0.25, 0.3) is 0 Å². The normalized spacial score (nSPS) is 12.5. The smallest absolute Gasteiger partial charge is 0.251 e. The number of nitrogens with one attached hydrogen (secondary N) is 1. The second kappa shape index (κ2) is 6.45. The van der Waals surface area contributed by atoms with Gasteiger partial charge in [-0.05, 0) is 38.0 Å². The molecule has 0 fully saturated rings. The van der Waals surface area contributed by atoms with Crippen molar-refractivity contribution in [2.75, 3.05) is 0 Å². The highest BCUT2D eigenvalue weighted by Crippen LogP contribution is 2.18. The maximum absolute atomic E-state index is 11.7. The lowest BCUT2D eigenvalue weighted by Gasteiger charge is -2.11. The van der Waals surface area contributed by atoms with Crippen LogP contribution in [0.2, 0.25) is 6.32 Å². The standard InChI is InChI=1S/C13H18BNO2/c1-9(2)15-13(17)11-5-3-10(4-6-11)12(16)7-8-14/h3-6,9,12,16H,7-8H2,1-2H3,(H,15,17). The van der Waals surface area contributed by atoms with E-state index in [1.807, 2.05) is 13.8 Å². The van der Waals surface area contributed by atoms with Crippen LogP contribution in [0.15, 0.2) is 24.3 Å². The Balaban J connectivity index is 2.70. The summed E-state index contributed by atoms with van der Waals surface area (Å²) in [5.41, 5.74) is 1.39. The van der Waals surface area contributed by atoms with E-state index in [9.17, 15) is 9.90 Å². The van der Waals surface area contributed by atoms with Gasteiger partial charge in [-0.3, -0.25) is 4.79 Å². The molecule has 1 aromatic carbocycles. The highest BCUT2D eigenvalue weighted by atomic mass is 16.3. The number of aliphatic hydroxyl groups is 1. The Kier molecular flexibility index (Phi) is 5.23. The molecule has 0 saturated heterocycles. The zero-order chi connectivity index (χ0) is 12.8. The zero-order valence-corrected chi connectivity index (χ0v) is 10.3. The van der Waals surface area contributed by atoms with Gasteiger partial charge >= 0.3 is 0 Å². The molecule has 1 aromatic rings. The fourth-order valence-corrected chi connectivity index (χ4v) is 1.53. The topological polar surface area (TPSA) is 49.3 Å². The molecule has 1 rings (SSSR count). The van der Waals surface area contributed by atoms with E-state index in [0.29, 0.717) is 18.3 Å². The molecule has 0 spiro atoms. The van der Waals surface area contributed by atoms with Gasteiger partial charge < -0.3 is 10.4 Å². The second-order valence-electron chi connectivity index (χ2n) is 4.34. The van der Waals surface area contributed by atoms with Gasteiger partial charge in [0.1, 0.15) is 0 Å². The van der Waals surface area contributed by atoms with Crippen molar-refractivity contribution in [2.45, 2.75) is 38.7 Å². The number of hydrogen-bond donors (Lipinski definition) is 2. The molecule has 2 radical (unpaired) electrons. The van der Waals surface area contributed by atoms with Crippen molar-refractivity contribution in [1.82, 2.24) is 5.32 Å². The summed E-state index contributed by atoms with van der Waals surface area (Å²) in [6.45, 7) is 3.83. The number of rotatable bonds is 5. The van der Waals surface area contributed by atoms with Gasteiger partial charge in [0.25, 0.3) is 5.91 Å². The van der Waals surface area contributed by atoms with Crippen LogP contribution in [0, 0.1) is 0 Å². The summed E-state index contributed by atoms with van der Waals surface area (Å²) < 4.78 is 0. The van der Waals surface area contributed by atoms with Crippen molar-refractivity contribution in [3.63, 3.8) is 0 Å². The van der Waals surface area contributed by atoms with Gasteiger partial charge in [0.15, 0.2) is 0 Å². The number of amides is 1. The van der Waals surface area contributed by atoms with Crippen LogP contribution in [0.5, 0.6) is 0 Å². The molecule has 1 unspecified atom stereocenters. The molecule has 0 heterocycles. The maximum atomic E-state index is 11.7. The van der Waals surface area contributed by atoms with Gasteiger partial charge in [0.2, 0.25) is 0 Å². The van der Waals surface area contributed by atoms with Crippen molar-refractivity contribution in [1.29, 1.82) is 0 Å². The second-order valence-corrected chi connectivity index (χ2v) is 4.34. The summed E-state index contributed by atoms with van der Waals surface area (Å²) >= 11 is 0. The Morgan fingerprint density at radius 3 is 2.41 bits per heavy atom. The summed E-state index contributed by atoms with van der Waals surface area (Å²) in [5, 5.41) is 12.5. The van der Waals surface area contributed by atoms with E-state index in [1.54, 1.807) is 24.3 Å². The van der Waals surface area contributed by atoms with Crippen LogP contribution < -0.4 is 5.32 Å². The molecule has 4 heteroatoms. The first-order valence-corrected chi connectivity index (χ1v) is 5.83. The molecular formula is C13H18BNO2. The third-order valence-electron chi connectivity index (χ3n) is 2.42. The number of benzene rings is 1. The van der Waals surface area contributed by atoms with Gasteiger partial charge in [-0.25, -0.2) is 0 Å². The molecule has 1 atom stereocenters. The highest BCUT2D eigenvalue weighted by molar-refractivity contribution is 6.08. The van der Waals surface area contributed by atoms with Crippen molar-refractivity contribution < 1.29 is 9.90 Å². The minimum atomic E-state index is -0.554. The molecule has 90 valence electrons. The van der Waals surface area contributed by atoms with Gasteiger partial charge in [0.05, 0.1) is 14.0 Å². The first-order chi connectivity index (χ1) is 8.04. The molecule has 0 aliphatic heterocycles. The molecule has 0 aliphatic rings. The van der Waals surface area contributed by atoms with E-state index in [-0.39, 0.29) is 11.9 Å². The number of aliphatic hydroxyl groups excluding tert-OH is 1. The van der Waals surface area contributed by atoms with Crippen LogP contribution in [-0.4, -0.2) is 24.9 Å². The third-order valence-corrected chi connectivity index (χ3v) is 2.42. The Morgan fingerprint density at radius 1 is 1.35 bits per heavy atom. The molecule has 0 bridgehead atoms. The minimum Gasteiger partial charge on any atom is -0.388 e. The van der Waals surface area contributed by atoms with Crippen molar-refractivity contribution in [2.24, 2.45) is 0 Å². The first-order valence-electron chi connectivity index (χ1n) is 5.83. The molecule has 0 saturated carbocycles. The summed E-state index contributed by atoms with van der Waals surface area (Å²) in [6.07, 6.45) is 0.413. The molecule has 3 nitrogen and oxygen atoms in total. The summed E-state index contributed by atoms with van der Waals surface area (Å²) in [4.78, 5) is 11.7. The lowest BCUT2D eigenvalue weighted by Crippen LogP contribution is -2.30. The highest BCUT2D eigenvalue weighted by Gasteiger charge is 2.09. The van der Waals surface area contributed by atoms with Crippen LogP contribution in [0.4, 0.5) is 0 Å². The lowest BCUT2D eigenvalue weighted by atomic mass is 9.95. The van der Waals surface area contributed by atoms with Gasteiger partial charge in [-0.2, -0.15) is 0 Å². The van der Waals surface area contributed by atoms with Crippen LogP contribution in [-0.2, 0) is 0 Å². The van der Waals surface area contributed by atoms with Crippen molar-refractivity contribution in [3.8, 4) is 0 Å². The predicted molar refractivity (Wildman–Crippen MR) is 69.2 cm³/mol. The summed E-state index contributed by atoms with van der Waals surface area (Å²) in [6, 6.07) is 7.06. The largest absolute Gasteiger partial charge is 0.388 e. The van der Waals surface area contributed by atoms with Gasteiger partial charge in [-0.15, -0.1) is 0 Å². The predicted octanol–water partition coefficient (Wildman–Crippen LogP) is 1.84.